The Morgan fingerprint density at radius 3 is 2.31 bits per heavy atom. The molecule has 1 fully saturated rings. The van der Waals surface area contributed by atoms with E-state index < -0.39 is 29.8 Å². The lowest BCUT2D eigenvalue weighted by Gasteiger charge is -2.35. The number of aliphatic carboxylic acids is 2. The maximum absolute atomic E-state index is 13.6. The molecule has 1 aliphatic carbocycles. The monoisotopic (exact) mass is 431 g/mol. The van der Waals surface area contributed by atoms with Gasteiger partial charge in [0.05, 0.1) is 5.69 Å². The first-order valence-electron chi connectivity index (χ1n) is 7.98. The predicted molar refractivity (Wildman–Crippen MR) is 94.2 cm³/mol. The van der Waals surface area contributed by atoms with E-state index in [2.05, 4.69) is 21.9 Å². The fourth-order valence-corrected chi connectivity index (χ4v) is 2.37. The Hall–Kier alpha value is -3.19. The molecule has 3 rings (SSSR count). The van der Waals surface area contributed by atoms with Gasteiger partial charge >= 0.3 is 24.2 Å². The third kappa shape index (κ3) is 5.65. The molecule has 1 atom stereocenters. The van der Waals surface area contributed by atoms with Crippen molar-refractivity contribution in [1.29, 1.82) is 0 Å². The highest BCUT2D eigenvalue weighted by Gasteiger charge is 2.62. The van der Waals surface area contributed by atoms with E-state index in [0.29, 0.717) is 12.2 Å². The van der Waals surface area contributed by atoms with Gasteiger partial charge in [0.1, 0.15) is 0 Å². The van der Waals surface area contributed by atoms with Crippen LogP contribution < -0.4 is 5.32 Å². The molecule has 0 bridgehead atoms. The lowest BCUT2D eigenvalue weighted by atomic mass is 9.90. The summed E-state index contributed by atoms with van der Waals surface area (Å²) in [5.41, 5.74) is -3.27. The Morgan fingerprint density at radius 1 is 1.24 bits per heavy atom. The average molecular weight is 432 g/mol. The fraction of sp³-hybridized carbons (Fsp3) is 0.278. The number of nitrogens with one attached hydrogen (secondary N) is 1. The number of alkyl halides is 3. The van der Waals surface area contributed by atoms with Crippen molar-refractivity contribution in [3.05, 3.63) is 40.9 Å². The van der Waals surface area contributed by atoms with Gasteiger partial charge in [-0.25, -0.2) is 14.4 Å². The van der Waals surface area contributed by atoms with Crippen molar-refractivity contribution in [3.8, 4) is 11.8 Å². The molecular weight excluding hydrogens is 419 g/mol. The molecule has 1 heterocycles. The lowest BCUT2D eigenvalue weighted by Crippen LogP contribution is -2.49. The quantitative estimate of drug-likeness (QED) is 0.485. The standard InChI is InChI=1S/C14H9ClF3NO2.C4H4O4/c15-9-3-4-11-10(7-9)13(14(16,17)18,21-12(20)19-11)6-5-8-1-2-8;5-3(6)1-2-4(7)8/h3-4,7-8H,1-2H2,(H,19,20);1-2H,(H,5,6)(H,7,8)/b;2-1+/t13-;/m0./s1. The normalized spacial score (nSPS) is 20.2. The minimum absolute atomic E-state index is 0.00179. The van der Waals surface area contributed by atoms with Crippen molar-refractivity contribution in [2.45, 2.75) is 24.6 Å². The van der Waals surface area contributed by atoms with E-state index in [1.54, 1.807) is 0 Å². The maximum atomic E-state index is 13.6. The second kappa shape index (κ2) is 8.45. The number of carboxylic acids is 2. The number of cyclic esters (lactones) is 1. The van der Waals surface area contributed by atoms with Gasteiger partial charge in [0, 0.05) is 28.7 Å². The third-order valence-corrected chi connectivity index (χ3v) is 3.88. The van der Waals surface area contributed by atoms with Gasteiger partial charge in [0.25, 0.3) is 5.60 Å². The predicted octanol–water partition coefficient (Wildman–Crippen LogP) is 3.78. The summed E-state index contributed by atoms with van der Waals surface area (Å²) in [5, 5.41) is 18.0. The number of carbonyl (C=O) groups excluding carboxylic acids is 1. The van der Waals surface area contributed by atoms with Gasteiger partial charge in [-0.15, -0.1) is 0 Å². The van der Waals surface area contributed by atoms with Crippen LogP contribution in [-0.4, -0.2) is 34.4 Å². The number of carboxylic acid groups (broad SMARTS) is 2. The van der Waals surface area contributed by atoms with Crippen LogP contribution in [0.5, 0.6) is 0 Å². The van der Waals surface area contributed by atoms with Crippen molar-refractivity contribution in [3.63, 3.8) is 0 Å². The van der Waals surface area contributed by atoms with E-state index in [9.17, 15) is 27.6 Å². The van der Waals surface area contributed by atoms with Crippen LogP contribution in [-0.2, 0) is 19.9 Å². The Kier molecular flexibility index (Phi) is 6.44. The van der Waals surface area contributed by atoms with Gasteiger partial charge in [0.15, 0.2) is 0 Å². The molecule has 29 heavy (non-hydrogen) atoms. The zero-order valence-electron chi connectivity index (χ0n) is 14.4. The number of fused-ring (bicyclic) bond motifs is 1. The first-order chi connectivity index (χ1) is 13.4. The first-order valence-corrected chi connectivity index (χ1v) is 8.36. The highest BCUT2D eigenvalue weighted by atomic mass is 35.5. The molecule has 1 aromatic carbocycles. The first kappa shape index (κ1) is 22.1. The molecule has 1 aliphatic heterocycles. The summed E-state index contributed by atoms with van der Waals surface area (Å²) in [5.74, 6) is 2.09. The summed E-state index contributed by atoms with van der Waals surface area (Å²) < 4.78 is 45.4. The number of rotatable bonds is 2. The van der Waals surface area contributed by atoms with E-state index >= 15 is 0 Å². The number of ether oxygens (including phenoxy) is 1. The van der Waals surface area contributed by atoms with Crippen LogP contribution >= 0.6 is 11.6 Å². The van der Waals surface area contributed by atoms with Crippen molar-refractivity contribution in [2.75, 3.05) is 5.32 Å². The van der Waals surface area contributed by atoms with Crippen LogP contribution in [0.1, 0.15) is 18.4 Å². The molecule has 11 heteroatoms. The van der Waals surface area contributed by atoms with Gasteiger partial charge in [-0.05, 0) is 37.0 Å². The van der Waals surface area contributed by atoms with Crippen LogP contribution in [0.15, 0.2) is 30.4 Å². The number of anilines is 1. The van der Waals surface area contributed by atoms with Crippen molar-refractivity contribution < 1.29 is 42.5 Å². The van der Waals surface area contributed by atoms with Crippen LogP contribution in [0.4, 0.5) is 23.7 Å². The second-order valence-corrected chi connectivity index (χ2v) is 6.37. The van der Waals surface area contributed by atoms with Gasteiger partial charge in [0.2, 0.25) is 0 Å². The summed E-state index contributed by atoms with van der Waals surface area (Å²) in [4.78, 5) is 30.6. The topological polar surface area (TPSA) is 113 Å². The fourth-order valence-electron chi connectivity index (χ4n) is 2.19. The van der Waals surface area contributed by atoms with Crippen LogP contribution in [0.25, 0.3) is 0 Å². The smallest absolute Gasteiger partial charge is 0.445 e. The maximum Gasteiger partial charge on any atom is 0.445 e. The van der Waals surface area contributed by atoms with Crippen LogP contribution in [0, 0.1) is 17.8 Å². The highest BCUT2D eigenvalue weighted by molar-refractivity contribution is 6.30. The van der Waals surface area contributed by atoms with E-state index in [1.807, 2.05) is 0 Å². The van der Waals surface area contributed by atoms with Crippen molar-refractivity contribution >= 4 is 35.3 Å². The summed E-state index contributed by atoms with van der Waals surface area (Å²) >= 11 is 5.78. The average Bonchev–Trinajstić information content (AvgIpc) is 3.42. The molecule has 1 aromatic rings. The number of carbonyl (C=O) groups is 3. The summed E-state index contributed by atoms with van der Waals surface area (Å²) in [6.45, 7) is 0. The van der Waals surface area contributed by atoms with Crippen molar-refractivity contribution in [1.82, 2.24) is 0 Å². The van der Waals surface area contributed by atoms with Gasteiger partial charge in [-0.3, -0.25) is 5.32 Å². The molecule has 154 valence electrons. The number of hydrogen-bond acceptors (Lipinski definition) is 4. The molecule has 2 aliphatic rings. The third-order valence-electron chi connectivity index (χ3n) is 3.64. The molecule has 3 N–H and O–H groups in total. The molecule has 0 unspecified atom stereocenters. The zero-order chi connectivity index (χ0) is 21.8. The summed E-state index contributed by atoms with van der Waals surface area (Å²) in [7, 11) is 0. The Labute approximate surface area is 167 Å². The molecule has 0 aromatic heterocycles. The summed E-state index contributed by atoms with van der Waals surface area (Å²) in [6, 6.07) is 3.81. The number of hydrogen-bond donors (Lipinski definition) is 3. The van der Waals surface area contributed by atoms with Gasteiger partial charge < -0.3 is 14.9 Å². The molecule has 0 spiro atoms. The van der Waals surface area contributed by atoms with Gasteiger partial charge in [-0.1, -0.05) is 17.5 Å². The molecule has 1 saturated carbocycles. The van der Waals surface area contributed by atoms with Crippen LogP contribution in [0.2, 0.25) is 5.02 Å². The highest BCUT2D eigenvalue weighted by Crippen LogP contribution is 2.48. The molecule has 1 amide bonds. The number of amides is 1. The molecule has 0 saturated heterocycles. The Morgan fingerprint density at radius 2 is 1.83 bits per heavy atom. The second-order valence-electron chi connectivity index (χ2n) is 5.94. The van der Waals surface area contributed by atoms with Crippen molar-refractivity contribution in [2.24, 2.45) is 5.92 Å². The number of benzene rings is 1. The SMILES string of the molecule is O=C(O)/C=C/C(=O)O.O=C1Nc2ccc(Cl)cc2[C@@](C#CC2CC2)(C(F)(F)F)O1. The van der Waals surface area contributed by atoms with Gasteiger partial charge in [-0.2, -0.15) is 13.2 Å². The number of halogens is 4. The summed E-state index contributed by atoms with van der Waals surface area (Å²) in [6.07, 6.45) is -3.42. The van der Waals surface area contributed by atoms with E-state index in [4.69, 9.17) is 21.8 Å². The minimum Gasteiger partial charge on any atom is -0.478 e. The van der Waals surface area contributed by atoms with E-state index in [-0.39, 0.29) is 22.2 Å². The Bertz CT molecular complexity index is 914. The molecular formula is C18H13ClF3NO6. The zero-order valence-corrected chi connectivity index (χ0v) is 15.2. The van der Waals surface area contributed by atoms with Crippen LogP contribution in [0.3, 0.4) is 0 Å². The largest absolute Gasteiger partial charge is 0.478 e. The Balaban J connectivity index is 0.000000321. The van der Waals surface area contributed by atoms with E-state index in [1.165, 1.54) is 12.1 Å². The lowest BCUT2D eigenvalue weighted by molar-refractivity contribution is -0.239. The van der Waals surface area contributed by atoms with E-state index in [0.717, 1.165) is 18.9 Å². The molecule has 7 nitrogen and oxygen atoms in total. The minimum atomic E-state index is -4.87. The molecule has 0 radical (unpaired) electrons.